The third-order valence-electron chi connectivity index (χ3n) is 3.88. The van der Waals surface area contributed by atoms with Gasteiger partial charge in [-0.2, -0.15) is 23.5 Å². The molecule has 128 valence electrons. The van der Waals surface area contributed by atoms with E-state index in [0.717, 1.165) is 6.92 Å². The zero-order chi connectivity index (χ0) is 17.9. The minimum Gasteiger partial charge on any atom is -0.496 e. The topological polar surface area (TPSA) is 50.8 Å². The first-order valence-electron chi connectivity index (χ1n) is 7.51. The van der Waals surface area contributed by atoms with Crippen LogP contribution in [0.1, 0.15) is 25.0 Å². The molecule has 2 rings (SSSR count). The number of nitriles is 1. The molecule has 0 fully saturated rings. The minimum absolute atomic E-state index is 0.127. The lowest BCUT2D eigenvalue weighted by Crippen LogP contribution is -2.21. The van der Waals surface area contributed by atoms with Crippen LogP contribution in [0.5, 0.6) is 5.75 Å². The predicted molar refractivity (Wildman–Crippen MR) is 83.5 cm³/mol. The molecule has 1 unspecified atom stereocenters. The van der Waals surface area contributed by atoms with Gasteiger partial charge in [0.2, 0.25) is 0 Å². The van der Waals surface area contributed by atoms with Gasteiger partial charge in [0.15, 0.2) is 0 Å². The Bertz CT molecular complexity index is 759. The Labute approximate surface area is 138 Å². The normalized spacial score (nSPS) is 12.7. The van der Waals surface area contributed by atoms with Gasteiger partial charge in [-0.05, 0) is 31.0 Å². The number of alkyl halides is 3. The average Bonchev–Trinajstić information content (AvgIpc) is 2.96. The summed E-state index contributed by atoms with van der Waals surface area (Å²) in [6.07, 6.45) is -2.89. The lowest BCUT2D eigenvalue weighted by Gasteiger charge is -2.17. The van der Waals surface area contributed by atoms with Crippen LogP contribution in [-0.4, -0.2) is 23.1 Å². The van der Waals surface area contributed by atoms with E-state index in [1.54, 1.807) is 22.9 Å². The Hall–Kier alpha value is -2.49. The second-order valence-corrected chi connectivity index (χ2v) is 5.52. The van der Waals surface area contributed by atoms with Crippen molar-refractivity contribution in [2.75, 3.05) is 7.11 Å². The van der Waals surface area contributed by atoms with Gasteiger partial charge in [0.25, 0.3) is 0 Å². The van der Waals surface area contributed by atoms with E-state index in [1.165, 1.54) is 13.3 Å². The Balaban J connectivity index is 2.45. The van der Waals surface area contributed by atoms with Gasteiger partial charge in [0, 0.05) is 12.1 Å². The summed E-state index contributed by atoms with van der Waals surface area (Å²) < 4.78 is 45.2. The number of benzene rings is 1. The van der Waals surface area contributed by atoms with Crippen molar-refractivity contribution in [3.8, 4) is 23.1 Å². The molecule has 1 aromatic heterocycles. The van der Waals surface area contributed by atoms with Crippen molar-refractivity contribution in [1.29, 1.82) is 5.26 Å². The number of hydrogen-bond acceptors (Lipinski definition) is 3. The van der Waals surface area contributed by atoms with Gasteiger partial charge < -0.3 is 4.74 Å². The van der Waals surface area contributed by atoms with Crippen LogP contribution in [0.25, 0.3) is 11.3 Å². The molecule has 0 aliphatic rings. The van der Waals surface area contributed by atoms with Crippen LogP contribution in [0.2, 0.25) is 0 Å². The SMILES string of the molecule is CCn1ncc(C#N)c1-c1ccc(CC(C)C(F)(F)F)cc1OC. The summed E-state index contributed by atoms with van der Waals surface area (Å²) in [6.45, 7) is 3.61. The minimum atomic E-state index is -4.24. The van der Waals surface area contributed by atoms with E-state index in [1.807, 2.05) is 6.92 Å². The Morgan fingerprint density at radius 3 is 2.62 bits per heavy atom. The van der Waals surface area contributed by atoms with Gasteiger partial charge in [0.1, 0.15) is 11.8 Å². The van der Waals surface area contributed by atoms with Crippen LogP contribution in [0.4, 0.5) is 13.2 Å². The van der Waals surface area contributed by atoms with Gasteiger partial charge in [-0.25, -0.2) is 0 Å². The molecule has 0 N–H and O–H groups in total. The van der Waals surface area contributed by atoms with E-state index in [-0.39, 0.29) is 6.42 Å². The fourth-order valence-corrected chi connectivity index (χ4v) is 2.52. The quantitative estimate of drug-likeness (QED) is 0.822. The van der Waals surface area contributed by atoms with Crippen molar-refractivity contribution < 1.29 is 17.9 Å². The van der Waals surface area contributed by atoms with Crippen molar-refractivity contribution in [1.82, 2.24) is 9.78 Å². The highest BCUT2D eigenvalue weighted by molar-refractivity contribution is 5.73. The first-order chi connectivity index (χ1) is 11.3. The predicted octanol–water partition coefficient (Wildman–Crippen LogP) is 4.19. The van der Waals surface area contributed by atoms with Crippen LogP contribution in [0, 0.1) is 17.2 Å². The molecule has 0 radical (unpaired) electrons. The van der Waals surface area contributed by atoms with E-state index in [4.69, 9.17) is 4.74 Å². The van der Waals surface area contributed by atoms with Gasteiger partial charge >= 0.3 is 6.18 Å². The summed E-state index contributed by atoms with van der Waals surface area (Å²) >= 11 is 0. The highest BCUT2D eigenvalue weighted by Crippen LogP contribution is 2.35. The number of rotatable bonds is 5. The molecular weight excluding hydrogens is 319 g/mol. The molecule has 1 heterocycles. The maximum atomic E-state index is 12.7. The number of nitrogens with zero attached hydrogens (tertiary/aromatic N) is 3. The van der Waals surface area contributed by atoms with Crippen molar-refractivity contribution in [3.63, 3.8) is 0 Å². The van der Waals surface area contributed by atoms with Gasteiger partial charge in [-0.3, -0.25) is 4.68 Å². The highest BCUT2D eigenvalue weighted by atomic mass is 19.4. The number of aryl methyl sites for hydroxylation is 1. The molecule has 24 heavy (non-hydrogen) atoms. The Morgan fingerprint density at radius 1 is 1.38 bits per heavy atom. The molecule has 0 aliphatic carbocycles. The van der Waals surface area contributed by atoms with Crippen molar-refractivity contribution in [3.05, 3.63) is 35.5 Å². The molecule has 2 aromatic rings. The van der Waals surface area contributed by atoms with E-state index < -0.39 is 12.1 Å². The van der Waals surface area contributed by atoms with Crippen LogP contribution in [0.3, 0.4) is 0 Å². The third kappa shape index (κ3) is 3.53. The number of hydrogen-bond donors (Lipinski definition) is 0. The number of halogens is 3. The average molecular weight is 337 g/mol. The van der Waals surface area contributed by atoms with Crippen LogP contribution in [-0.2, 0) is 13.0 Å². The van der Waals surface area contributed by atoms with Gasteiger partial charge in [-0.1, -0.05) is 13.0 Å². The van der Waals surface area contributed by atoms with Gasteiger partial charge in [-0.15, -0.1) is 0 Å². The molecular formula is C17H18F3N3O. The summed E-state index contributed by atoms with van der Waals surface area (Å²) in [5.41, 5.74) is 2.16. The van der Waals surface area contributed by atoms with Crippen LogP contribution >= 0.6 is 0 Å². The summed E-state index contributed by atoms with van der Waals surface area (Å²) in [6, 6.07) is 6.98. The number of aromatic nitrogens is 2. The molecule has 1 aromatic carbocycles. The lowest BCUT2D eigenvalue weighted by atomic mass is 9.97. The van der Waals surface area contributed by atoms with Gasteiger partial charge in [0.05, 0.1) is 30.5 Å². The lowest BCUT2D eigenvalue weighted by molar-refractivity contribution is -0.169. The molecule has 0 saturated heterocycles. The zero-order valence-corrected chi connectivity index (χ0v) is 13.7. The Morgan fingerprint density at radius 2 is 2.08 bits per heavy atom. The molecule has 0 bridgehead atoms. The fourth-order valence-electron chi connectivity index (χ4n) is 2.52. The van der Waals surface area contributed by atoms with E-state index in [2.05, 4.69) is 11.2 Å². The molecule has 0 amide bonds. The number of methoxy groups -OCH3 is 1. The standard InChI is InChI=1S/C17H18F3N3O/c1-4-23-16(13(9-21)10-22-23)14-6-5-12(8-15(14)24-3)7-11(2)17(18,19)20/h5-6,8,10-11H,4,7H2,1-3H3. The Kier molecular flexibility index (Phi) is 5.17. The zero-order valence-electron chi connectivity index (χ0n) is 13.7. The first-order valence-corrected chi connectivity index (χ1v) is 7.51. The van der Waals surface area contributed by atoms with Crippen LogP contribution in [0.15, 0.2) is 24.4 Å². The fraction of sp³-hybridized carbons (Fsp3) is 0.412. The second kappa shape index (κ2) is 6.95. The molecule has 0 saturated carbocycles. The second-order valence-electron chi connectivity index (χ2n) is 5.52. The highest BCUT2D eigenvalue weighted by Gasteiger charge is 2.35. The van der Waals surface area contributed by atoms with Crippen molar-refractivity contribution in [2.45, 2.75) is 33.0 Å². The van der Waals surface area contributed by atoms with Crippen molar-refractivity contribution >= 4 is 0 Å². The van der Waals surface area contributed by atoms with E-state index in [0.29, 0.717) is 34.7 Å². The monoisotopic (exact) mass is 337 g/mol. The number of ether oxygens (including phenoxy) is 1. The maximum absolute atomic E-state index is 12.7. The van der Waals surface area contributed by atoms with Crippen molar-refractivity contribution in [2.24, 2.45) is 5.92 Å². The van der Waals surface area contributed by atoms with E-state index in [9.17, 15) is 18.4 Å². The third-order valence-corrected chi connectivity index (χ3v) is 3.88. The summed E-state index contributed by atoms with van der Waals surface area (Å²) in [7, 11) is 1.45. The molecule has 0 aliphatic heterocycles. The molecule has 4 nitrogen and oxygen atoms in total. The molecule has 0 spiro atoms. The first kappa shape index (κ1) is 17.9. The summed E-state index contributed by atoms with van der Waals surface area (Å²) in [5.74, 6) is -1.02. The van der Waals surface area contributed by atoms with Crippen LogP contribution < -0.4 is 4.74 Å². The summed E-state index contributed by atoms with van der Waals surface area (Å²) in [5, 5.41) is 13.4. The maximum Gasteiger partial charge on any atom is 0.391 e. The van der Waals surface area contributed by atoms with E-state index >= 15 is 0 Å². The summed E-state index contributed by atoms with van der Waals surface area (Å²) in [4.78, 5) is 0. The molecule has 1 atom stereocenters. The molecule has 7 heteroatoms. The largest absolute Gasteiger partial charge is 0.496 e. The smallest absolute Gasteiger partial charge is 0.391 e.